The summed E-state index contributed by atoms with van der Waals surface area (Å²) in [5.41, 5.74) is 5.70. The van der Waals surface area contributed by atoms with Crippen LogP contribution in [0.5, 0.6) is 0 Å². The van der Waals surface area contributed by atoms with E-state index in [-0.39, 0.29) is 0 Å². The molecule has 0 spiro atoms. The summed E-state index contributed by atoms with van der Waals surface area (Å²) in [4.78, 5) is 10.3. The van der Waals surface area contributed by atoms with Gasteiger partial charge in [0.2, 0.25) is 0 Å². The number of benzene rings is 2. The maximum atomic E-state index is 5.43. The van der Waals surface area contributed by atoms with E-state index in [4.69, 9.17) is 4.74 Å². The van der Waals surface area contributed by atoms with Gasteiger partial charge < -0.3 is 9.72 Å². The van der Waals surface area contributed by atoms with Crippen LogP contribution in [0.1, 0.15) is 5.56 Å². The molecular formula is C20H21N3O. The minimum Gasteiger partial charge on any atom is -0.379 e. The quantitative estimate of drug-likeness (QED) is 0.799. The van der Waals surface area contributed by atoms with E-state index in [2.05, 4.69) is 63.4 Å². The Morgan fingerprint density at radius 3 is 2.58 bits per heavy atom. The van der Waals surface area contributed by atoms with Crippen LogP contribution >= 0.6 is 0 Å². The predicted octanol–water partition coefficient (Wildman–Crippen LogP) is 3.58. The first-order chi connectivity index (χ1) is 11.9. The molecule has 0 radical (unpaired) electrons. The zero-order valence-corrected chi connectivity index (χ0v) is 13.6. The maximum Gasteiger partial charge on any atom is 0.0961 e. The van der Waals surface area contributed by atoms with Gasteiger partial charge in [-0.15, -0.1) is 0 Å². The van der Waals surface area contributed by atoms with Gasteiger partial charge in [-0.2, -0.15) is 0 Å². The highest BCUT2D eigenvalue weighted by atomic mass is 16.5. The minimum absolute atomic E-state index is 0.831. The van der Waals surface area contributed by atoms with Gasteiger partial charge in [-0.3, -0.25) is 4.90 Å². The average molecular weight is 319 g/mol. The number of ether oxygens (including phenoxy) is 1. The molecule has 0 aliphatic carbocycles. The Bertz CT molecular complexity index is 791. The first-order valence-electron chi connectivity index (χ1n) is 8.38. The molecule has 24 heavy (non-hydrogen) atoms. The summed E-state index contributed by atoms with van der Waals surface area (Å²) in [5, 5.41) is 0. The molecular weight excluding hydrogens is 298 g/mol. The summed E-state index contributed by atoms with van der Waals surface area (Å²) < 4.78 is 5.43. The van der Waals surface area contributed by atoms with Crippen LogP contribution in [-0.4, -0.2) is 41.2 Å². The second-order valence-corrected chi connectivity index (χ2v) is 6.08. The topological polar surface area (TPSA) is 41.2 Å². The highest BCUT2D eigenvalue weighted by Crippen LogP contribution is 2.29. The third-order valence-electron chi connectivity index (χ3n) is 4.41. The number of hydrogen-bond donors (Lipinski definition) is 1. The van der Waals surface area contributed by atoms with Crippen molar-refractivity contribution in [1.29, 1.82) is 0 Å². The molecule has 1 aromatic heterocycles. The number of imidazole rings is 1. The van der Waals surface area contributed by atoms with Gasteiger partial charge in [0.15, 0.2) is 0 Å². The fraction of sp³-hybridized carbons (Fsp3) is 0.250. The van der Waals surface area contributed by atoms with Crippen LogP contribution < -0.4 is 0 Å². The third kappa shape index (κ3) is 3.25. The van der Waals surface area contributed by atoms with Crippen LogP contribution in [-0.2, 0) is 11.3 Å². The number of rotatable bonds is 4. The molecule has 0 atom stereocenters. The summed E-state index contributed by atoms with van der Waals surface area (Å²) in [5.74, 6) is 0. The number of aromatic amines is 1. The van der Waals surface area contributed by atoms with Crippen LogP contribution in [0.4, 0.5) is 0 Å². The summed E-state index contributed by atoms with van der Waals surface area (Å²) in [6.07, 6.45) is 1.77. The highest BCUT2D eigenvalue weighted by Gasteiger charge is 2.13. The first-order valence-corrected chi connectivity index (χ1v) is 8.38. The van der Waals surface area contributed by atoms with Crippen LogP contribution in [0.25, 0.3) is 22.5 Å². The van der Waals surface area contributed by atoms with E-state index in [1.807, 2.05) is 6.07 Å². The van der Waals surface area contributed by atoms with E-state index in [0.717, 1.165) is 55.4 Å². The van der Waals surface area contributed by atoms with Gasteiger partial charge in [0.1, 0.15) is 0 Å². The summed E-state index contributed by atoms with van der Waals surface area (Å²) >= 11 is 0. The van der Waals surface area contributed by atoms with Crippen molar-refractivity contribution in [1.82, 2.24) is 14.9 Å². The van der Waals surface area contributed by atoms with Gasteiger partial charge in [-0.1, -0.05) is 48.5 Å². The van der Waals surface area contributed by atoms with E-state index < -0.39 is 0 Å². The second-order valence-electron chi connectivity index (χ2n) is 6.08. The SMILES string of the molecule is c1ccc(-c2[nH]cnc2-c2cccc(CN3CCOCC3)c2)cc1. The van der Waals surface area contributed by atoms with E-state index in [1.165, 1.54) is 5.56 Å². The molecule has 2 aromatic carbocycles. The van der Waals surface area contributed by atoms with E-state index in [1.54, 1.807) is 6.33 Å². The largest absolute Gasteiger partial charge is 0.379 e. The molecule has 3 aromatic rings. The molecule has 0 saturated carbocycles. The van der Waals surface area contributed by atoms with Gasteiger partial charge in [-0.25, -0.2) is 4.98 Å². The van der Waals surface area contributed by atoms with Crippen molar-refractivity contribution in [3.05, 3.63) is 66.5 Å². The lowest BCUT2D eigenvalue weighted by Gasteiger charge is -2.26. The van der Waals surface area contributed by atoms with Gasteiger partial charge in [-0.05, 0) is 11.6 Å². The molecule has 4 rings (SSSR count). The normalized spacial score (nSPS) is 15.5. The van der Waals surface area contributed by atoms with Gasteiger partial charge >= 0.3 is 0 Å². The Kier molecular flexibility index (Phi) is 4.40. The van der Waals surface area contributed by atoms with E-state index in [0.29, 0.717) is 0 Å². The Morgan fingerprint density at radius 2 is 1.75 bits per heavy atom. The molecule has 0 amide bonds. The van der Waals surface area contributed by atoms with Gasteiger partial charge in [0.05, 0.1) is 30.9 Å². The van der Waals surface area contributed by atoms with Crippen molar-refractivity contribution in [2.45, 2.75) is 6.54 Å². The molecule has 1 aliphatic heterocycles. The molecule has 122 valence electrons. The number of nitrogens with zero attached hydrogens (tertiary/aromatic N) is 2. The van der Waals surface area contributed by atoms with Crippen molar-refractivity contribution in [2.75, 3.05) is 26.3 Å². The number of H-pyrrole nitrogens is 1. The average Bonchev–Trinajstić information content (AvgIpc) is 3.13. The van der Waals surface area contributed by atoms with Crippen molar-refractivity contribution in [2.24, 2.45) is 0 Å². The number of morpholine rings is 1. The number of hydrogen-bond acceptors (Lipinski definition) is 3. The summed E-state index contributed by atoms with van der Waals surface area (Å²) in [6, 6.07) is 19.0. The number of aromatic nitrogens is 2. The Labute approximate surface area is 142 Å². The second kappa shape index (κ2) is 6.99. The van der Waals surface area contributed by atoms with E-state index >= 15 is 0 Å². The van der Waals surface area contributed by atoms with Gasteiger partial charge in [0, 0.05) is 30.8 Å². The fourth-order valence-electron chi connectivity index (χ4n) is 3.17. The predicted molar refractivity (Wildman–Crippen MR) is 95.6 cm³/mol. The van der Waals surface area contributed by atoms with Crippen molar-refractivity contribution >= 4 is 0 Å². The lowest BCUT2D eigenvalue weighted by molar-refractivity contribution is 0.0342. The summed E-state index contributed by atoms with van der Waals surface area (Å²) in [6.45, 7) is 4.63. The standard InChI is InChI=1S/C20H21N3O/c1-2-6-17(7-3-1)19-20(22-15-21-19)18-8-4-5-16(13-18)14-23-9-11-24-12-10-23/h1-8,13,15H,9-12,14H2,(H,21,22). The lowest BCUT2D eigenvalue weighted by Crippen LogP contribution is -2.35. The zero-order valence-electron chi connectivity index (χ0n) is 13.6. The molecule has 1 aliphatic rings. The molecule has 4 heteroatoms. The van der Waals surface area contributed by atoms with E-state index in [9.17, 15) is 0 Å². The monoisotopic (exact) mass is 319 g/mol. The minimum atomic E-state index is 0.831. The van der Waals surface area contributed by atoms with Gasteiger partial charge in [0.25, 0.3) is 0 Å². The maximum absolute atomic E-state index is 5.43. The van der Waals surface area contributed by atoms with Crippen molar-refractivity contribution in [3.8, 4) is 22.5 Å². The van der Waals surface area contributed by atoms with Crippen LogP contribution in [0, 0.1) is 0 Å². The van der Waals surface area contributed by atoms with Crippen molar-refractivity contribution in [3.63, 3.8) is 0 Å². The smallest absolute Gasteiger partial charge is 0.0961 e. The molecule has 1 N–H and O–H groups in total. The lowest BCUT2D eigenvalue weighted by atomic mass is 10.0. The van der Waals surface area contributed by atoms with Crippen molar-refractivity contribution < 1.29 is 4.74 Å². The molecule has 0 unspecified atom stereocenters. The van der Waals surface area contributed by atoms with Crippen LogP contribution in [0.3, 0.4) is 0 Å². The third-order valence-corrected chi connectivity index (χ3v) is 4.41. The van der Waals surface area contributed by atoms with Crippen LogP contribution in [0.15, 0.2) is 60.9 Å². The zero-order chi connectivity index (χ0) is 16.2. The Morgan fingerprint density at radius 1 is 0.958 bits per heavy atom. The highest BCUT2D eigenvalue weighted by molar-refractivity contribution is 5.78. The Hall–Kier alpha value is -2.43. The molecule has 1 fully saturated rings. The van der Waals surface area contributed by atoms with Crippen LogP contribution in [0.2, 0.25) is 0 Å². The molecule has 2 heterocycles. The molecule has 1 saturated heterocycles. The number of nitrogens with one attached hydrogen (secondary N) is 1. The fourth-order valence-corrected chi connectivity index (χ4v) is 3.17. The molecule has 4 nitrogen and oxygen atoms in total. The first kappa shape index (κ1) is 15.1. The summed E-state index contributed by atoms with van der Waals surface area (Å²) in [7, 11) is 0. The Balaban J connectivity index is 1.61. The molecule has 0 bridgehead atoms.